The molecule has 0 unspecified atom stereocenters. The molecule has 2 rings (SSSR count). The summed E-state index contributed by atoms with van der Waals surface area (Å²) in [6.07, 6.45) is 1.40. The van der Waals surface area contributed by atoms with Gasteiger partial charge < -0.3 is 4.98 Å². The standard InChI is InChI=1S/C9H13F2N3O2S/c10-7(11)9(3-1-2-4-9)14-17(15,16)8-12-5-6-13-8/h5-7,14H,1-4H2,(H,12,13). The number of alkyl halides is 2. The first-order valence-corrected chi connectivity index (χ1v) is 6.76. The lowest BCUT2D eigenvalue weighted by molar-refractivity contribution is 0.0471. The van der Waals surface area contributed by atoms with Crippen molar-refractivity contribution < 1.29 is 17.2 Å². The summed E-state index contributed by atoms with van der Waals surface area (Å²) in [5, 5.41) is -0.329. The van der Waals surface area contributed by atoms with Gasteiger partial charge in [0.15, 0.2) is 0 Å². The van der Waals surface area contributed by atoms with Crippen LogP contribution in [0, 0.1) is 0 Å². The summed E-state index contributed by atoms with van der Waals surface area (Å²) in [6, 6.07) is 0. The molecule has 0 bridgehead atoms. The molecule has 96 valence electrons. The van der Waals surface area contributed by atoms with Crippen LogP contribution in [0.25, 0.3) is 0 Å². The molecule has 5 nitrogen and oxygen atoms in total. The summed E-state index contributed by atoms with van der Waals surface area (Å²) >= 11 is 0. The molecule has 1 aliphatic carbocycles. The van der Waals surface area contributed by atoms with Crippen molar-refractivity contribution in [2.45, 2.75) is 42.8 Å². The van der Waals surface area contributed by atoms with E-state index >= 15 is 0 Å². The molecule has 0 atom stereocenters. The van der Waals surface area contributed by atoms with Crippen LogP contribution < -0.4 is 4.72 Å². The number of aromatic nitrogens is 2. The van der Waals surface area contributed by atoms with E-state index in [1.54, 1.807) is 0 Å². The third-order valence-corrected chi connectivity index (χ3v) is 4.39. The zero-order valence-corrected chi connectivity index (χ0v) is 9.80. The maximum Gasteiger partial charge on any atom is 0.274 e. The van der Waals surface area contributed by atoms with Crippen LogP contribution in [0.5, 0.6) is 0 Å². The van der Waals surface area contributed by atoms with E-state index in [-0.39, 0.29) is 18.0 Å². The van der Waals surface area contributed by atoms with Gasteiger partial charge in [-0.15, -0.1) is 0 Å². The van der Waals surface area contributed by atoms with Crippen LogP contribution in [0.2, 0.25) is 0 Å². The normalized spacial score (nSPS) is 19.9. The summed E-state index contributed by atoms with van der Waals surface area (Å²) in [5.74, 6) is 0. The molecule has 0 aliphatic heterocycles. The summed E-state index contributed by atoms with van der Waals surface area (Å²) in [7, 11) is -4.00. The van der Waals surface area contributed by atoms with E-state index < -0.39 is 22.0 Å². The third kappa shape index (κ3) is 2.32. The summed E-state index contributed by atoms with van der Waals surface area (Å²) < 4.78 is 51.8. The lowest BCUT2D eigenvalue weighted by Crippen LogP contribution is -2.51. The van der Waals surface area contributed by atoms with Gasteiger partial charge in [0.25, 0.3) is 16.4 Å². The Hall–Kier alpha value is -1.02. The highest BCUT2D eigenvalue weighted by Gasteiger charge is 2.46. The molecule has 0 radical (unpaired) electrons. The predicted molar refractivity (Wildman–Crippen MR) is 56.1 cm³/mol. The number of hydrogen-bond donors (Lipinski definition) is 2. The number of rotatable bonds is 4. The average Bonchev–Trinajstić information content (AvgIpc) is 2.86. The van der Waals surface area contributed by atoms with Gasteiger partial charge in [-0.05, 0) is 12.8 Å². The minimum Gasteiger partial charge on any atom is -0.334 e. The number of H-pyrrole nitrogens is 1. The Morgan fingerprint density at radius 2 is 2.06 bits per heavy atom. The second-order valence-electron chi connectivity index (χ2n) is 4.16. The number of nitrogens with zero attached hydrogens (tertiary/aromatic N) is 1. The molecule has 0 aromatic carbocycles. The molecule has 8 heteroatoms. The number of sulfonamides is 1. The number of halogens is 2. The van der Waals surface area contributed by atoms with Gasteiger partial charge in [0.2, 0.25) is 5.16 Å². The molecule has 0 amide bonds. The highest BCUT2D eigenvalue weighted by atomic mass is 32.2. The fourth-order valence-electron chi connectivity index (χ4n) is 2.08. The quantitative estimate of drug-likeness (QED) is 0.860. The molecule has 1 saturated carbocycles. The van der Waals surface area contributed by atoms with Crippen LogP contribution in [0.1, 0.15) is 25.7 Å². The molecule has 1 aliphatic rings. The SMILES string of the molecule is O=S(=O)(NC1(C(F)F)CCCC1)c1ncc[nH]1. The zero-order chi connectivity index (χ0) is 12.5. The second-order valence-corrected chi connectivity index (χ2v) is 5.76. The Balaban J connectivity index is 2.25. The van der Waals surface area contributed by atoms with Crippen LogP contribution in [0.4, 0.5) is 8.78 Å². The minimum absolute atomic E-state index is 0.157. The van der Waals surface area contributed by atoms with Crippen molar-refractivity contribution in [2.75, 3.05) is 0 Å². The molecule has 0 spiro atoms. The van der Waals surface area contributed by atoms with Crippen LogP contribution >= 0.6 is 0 Å². The molecule has 1 aromatic heterocycles. The Bertz CT molecular complexity index is 466. The lowest BCUT2D eigenvalue weighted by Gasteiger charge is -2.28. The largest absolute Gasteiger partial charge is 0.334 e. The van der Waals surface area contributed by atoms with Gasteiger partial charge in [0.1, 0.15) is 0 Å². The number of hydrogen-bond acceptors (Lipinski definition) is 3. The minimum atomic E-state index is -4.00. The maximum absolute atomic E-state index is 13.0. The Morgan fingerprint density at radius 3 is 2.53 bits per heavy atom. The van der Waals surface area contributed by atoms with E-state index in [1.165, 1.54) is 12.4 Å². The molecule has 2 N–H and O–H groups in total. The van der Waals surface area contributed by atoms with E-state index in [0.29, 0.717) is 12.8 Å². The molecular weight excluding hydrogens is 252 g/mol. The Labute approximate surface area is 97.7 Å². The first-order chi connectivity index (χ1) is 7.96. The highest BCUT2D eigenvalue weighted by Crippen LogP contribution is 2.35. The van der Waals surface area contributed by atoms with Crippen LogP contribution in [-0.2, 0) is 10.0 Å². The van der Waals surface area contributed by atoms with Gasteiger partial charge in [0.05, 0.1) is 5.54 Å². The number of aromatic amines is 1. The third-order valence-electron chi connectivity index (χ3n) is 2.98. The highest BCUT2D eigenvalue weighted by molar-refractivity contribution is 7.89. The first kappa shape index (κ1) is 12.4. The first-order valence-electron chi connectivity index (χ1n) is 5.28. The predicted octanol–water partition coefficient (Wildman–Crippen LogP) is 1.27. The van der Waals surface area contributed by atoms with Gasteiger partial charge in [-0.1, -0.05) is 12.8 Å². The van der Waals surface area contributed by atoms with E-state index in [9.17, 15) is 17.2 Å². The zero-order valence-electron chi connectivity index (χ0n) is 8.99. The van der Waals surface area contributed by atoms with Crippen molar-refractivity contribution in [3.63, 3.8) is 0 Å². The van der Waals surface area contributed by atoms with Crippen molar-refractivity contribution >= 4 is 10.0 Å². The average molecular weight is 265 g/mol. The van der Waals surface area contributed by atoms with E-state index in [1.807, 2.05) is 0 Å². The van der Waals surface area contributed by atoms with Gasteiger partial charge >= 0.3 is 0 Å². The van der Waals surface area contributed by atoms with Crippen LogP contribution in [-0.4, -0.2) is 30.4 Å². The van der Waals surface area contributed by atoms with Crippen molar-refractivity contribution in [2.24, 2.45) is 0 Å². The Morgan fingerprint density at radius 1 is 1.41 bits per heavy atom. The summed E-state index contributed by atoms with van der Waals surface area (Å²) in [4.78, 5) is 5.97. The monoisotopic (exact) mass is 265 g/mol. The summed E-state index contributed by atoms with van der Waals surface area (Å²) in [6.45, 7) is 0. The lowest BCUT2D eigenvalue weighted by atomic mass is 10.0. The topological polar surface area (TPSA) is 74.8 Å². The second kappa shape index (κ2) is 4.34. The van der Waals surface area contributed by atoms with Crippen molar-refractivity contribution in [1.29, 1.82) is 0 Å². The molecule has 1 fully saturated rings. The summed E-state index contributed by atoms with van der Waals surface area (Å²) in [5.41, 5.74) is -1.63. The van der Waals surface area contributed by atoms with E-state index in [4.69, 9.17) is 0 Å². The Kier molecular flexibility index (Phi) is 3.17. The van der Waals surface area contributed by atoms with Crippen LogP contribution in [0.3, 0.4) is 0 Å². The number of nitrogens with one attached hydrogen (secondary N) is 2. The van der Waals surface area contributed by atoms with E-state index in [0.717, 1.165) is 0 Å². The van der Waals surface area contributed by atoms with E-state index in [2.05, 4.69) is 14.7 Å². The molecule has 0 saturated heterocycles. The van der Waals surface area contributed by atoms with Gasteiger partial charge in [-0.2, -0.15) is 4.72 Å². The van der Waals surface area contributed by atoms with Crippen molar-refractivity contribution in [3.05, 3.63) is 12.4 Å². The maximum atomic E-state index is 13.0. The van der Waals surface area contributed by atoms with Gasteiger partial charge in [0, 0.05) is 12.4 Å². The van der Waals surface area contributed by atoms with Crippen molar-refractivity contribution in [3.8, 4) is 0 Å². The van der Waals surface area contributed by atoms with Crippen molar-refractivity contribution in [1.82, 2.24) is 14.7 Å². The van der Waals surface area contributed by atoms with Crippen LogP contribution in [0.15, 0.2) is 17.6 Å². The fourth-order valence-corrected chi connectivity index (χ4v) is 3.43. The van der Waals surface area contributed by atoms with Gasteiger partial charge in [-0.25, -0.2) is 22.2 Å². The molecule has 1 heterocycles. The smallest absolute Gasteiger partial charge is 0.274 e. The molecule has 17 heavy (non-hydrogen) atoms. The molecular formula is C9H13F2N3O2S. The fraction of sp³-hybridized carbons (Fsp3) is 0.667. The number of imidazole rings is 1. The molecule has 1 aromatic rings. The van der Waals surface area contributed by atoms with Gasteiger partial charge in [-0.3, -0.25) is 0 Å².